The number of nitrogens with zero attached hydrogens (tertiary/aromatic N) is 3. The fraction of sp³-hybridized carbons (Fsp3) is 0.0312. The van der Waals surface area contributed by atoms with Crippen molar-refractivity contribution in [3.05, 3.63) is 115 Å². The number of imidazole rings is 2. The van der Waals surface area contributed by atoms with E-state index < -0.39 is 0 Å². The molecule has 0 aliphatic rings. The monoisotopic (exact) mass is 447 g/mol. The van der Waals surface area contributed by atoms with E-state index in [2.05, 4.69) is 125 Å². The minimum atomic E-state index is 0.945. The minimum Gasteiger partial charge on any atom is -0.277 e. The van der Waals surface area contributed by atoms with Crippen LogP contribution in [-0.2, 0) is 0 Å². The van der Waals surface area contributed by atoms with Crippen molar-refractivity contribution in [3.8, 4) is 0 Å². The van der Waals surface area contributed by atoms with Gasteiger partial charge in [0.05, 0.1) is 27.6 Å². The number of hydrogen-bond acceptors (Lipinski definition) is 1. The van der Waals surface area contributed by atoms with E-state index in [-0.39, 0.29) is 0 Å². The number of fused-ring (bicyclic) bond motifs is 12. The first-order valence-electron chi connectivity index (χ1n) is 12.0. The van der Waals surface area contributed by atoms with Gasteiger partial charge in [-0.2, -0.15) is 0 Å². The van der Waals surface area contributed by atoms with Gasteiger partial charge in [0.1, 0.15) is 0 Å². The third kappa shape index (κ3) is 2.37. The number of rotatable bonds is 0. The molecule has 0 spiro atoms. The molecule has 0 fully saturated rings. The van der Waals surface area contributed by atoms with Crippen molar-refractivity contribution in [2.75, 3.05) is 0 Å². The van der Waals surface area contributed by atoms with Gasteiger partial charge in [-0.15, -0.1) is 0 Å². The maximum absolute atomic E-state index is 5.24. The Balaban J connectivity index is 1.87. The molecule has 0 aliphatic carbocycles. The van der Waals surface area contributed by atoms with E-state index in [1.165, 1.54) is 48.9 Å². The average molecular weight is 448 g/mol. The summed E-state index contributed by atoms with van der Waals surface area (Å²) in [7, 11) is 0. The lowest BCUT2D eigenvalue weighted by Crippen LogP contribution is -1.88. The zero-order chi connectivity index (χ0) is 23.1. The fourth-order valence-corrected chi connectivity index (χ4v) is 5.91. The second-order valence-corrected chi connectivity index (χ2v) is 9.31. The Kier molecular flexibility index (Phi) is 3.59. The van der Waals surface area contributed by atoms with E-state index in [4.69, 9.17) is 4.98 Å². The Morgan fingerprint density at radius 3 is 1.71 bits per heavy atom. The molecule has 0 aliphatic heterocycles. The molecule has 0 N–H and O–H groups in total. The van der Waals surface area contributed by atoms with Gasteiger partial charge in [0.25, 0.3) is 0 Å². The molecule has 3 heteroatoms. The van der Waals surface area contributed by atoms with E-state index >= 15 is 0 Å². The van der Waals surface area contributed by atoms with Crippen LogP contribution in [0.3, 0.4) is 0 Å². The summed E-state index contributed by atoms with van der Waals surface area (Å²) in [5, 5.41) is 7.39. The van der Waals surface area contributed by atoms with Gasteiger partial charge < -0.3 is 0 Å². The van der Waals surface area contributed by atoms with Crippen molar-refractivity contribution >= 4 is 65.7 Å². The summed E-state index contributed by atoms with van der Waals surface area (Å²) in [4.78, 5) is 5.24. The van der Waals surface area contributed by atoms with Crippen molar-refractivity contribution in [1.82, 2.24) is 13.8 Å². The van der Waals surface area contributed by atoms with Crippen LogP contribution in [0.5, 0.6) is 0 Å². The highest BCUT2D eigenvalue weighted by Crippen LogP contribution is 2.36. The Morgan fingerprint density at radius 2 is 0.971 bits per heavy atom. The predicted molar refractivity (Wildman–Crippen MR) is 147 cm³/mol. The smallest absolute Gasteiger partial charge is 0.220 e. The van der Waals surface area contributed by atoms with Gasteiger partial charge in [-0.25, -0.2) is 4.98 Å². The normalized spacial score (nSPS) is 12.1. The van der Waals surface area contributed by atoms with Gasteiger partial charge in [-0.1, -0.05) is 91.0 Å². The molecule has 0 radical (unpaired) electrons. The van der Waals surface area contributed by atoms with E-state index in [1.54, 1.807) is 0 Å². The van der Waals surface area contributed by atoms with Crippen molar-refractivity contribution < 1.29 is 0 Å². The summed E-state index contributed by atoms with van der Waals surface area (Å²) in [5.74, 6) is 0.945. The molecule has 0 saturated heterocycles. The third-order valence-electron chi connectivity index (χ3n) is 7.42. The van der Waals surface area contributed by atoms with Crippen molar-refractivity contribution in [2.24, 2.45) is 0 Å². The average Bonchev–Trinajstić information content (AvgIpc) is 3.45. The number of hydrogen-bond donors (Lipinski definition) is 0. The van der Waals surface area contributed by atoms with E-state index in [0.717, 1.165) is 22.3 Å². The molecule has 8 rings (SSSR count). The maximum atomic E-state index is 5.24. The minimum absolute atomic E-state index is 0.945. The fourth-order valence-electron chi connectivity index (χ4n) is 5.91. The molecule has 0 bridgehead atoms. The molecule has 0 unspecified atom stereocenters. The molecule has 3 heterocycles. The van der Waals surface area contributed by atoms with Crippen molar-refractivity contribution in [3.63, 3.8) is 0 Å². The topological polar surface area (TPSA) is 21.7 Å². The zero-order valence-corrected chi connectivity index (χ0v) is 19.2. The number of benzene rings is 5. The van der Waals surface area contributed by atoms with Crippen LogP contribution in [0, 0.1) is 6.92 Å². The second-order valence-electron chi connectivity index (χ2n) is 9.31. The van der Waals surface area contributed by atoms with Crippen LogP contribution in [0.4, 0.5) is 0 Å². The van der Waals surface area contributed by atoms with Crippen LogP contribution >= 0.6 is 0 Å². The van der Waals surface area contributed by atoms with Gasteiger partial charge in [0, 0.05) is 10.8 Å². The largest absolute Gasteiger partial charge is 0.277 e. The Hall–Kier alpha value is -4.63. The first-order chi connectivity index (χ1) is 17.3. The molecular formula is C32H21N3. The molecule has 3 nitrogen and oxygen atoms in total. The highest BCUT2D eigenvalue weighted by Gasteiger charge is 2.18. The molecule has 0 saturated carbocycles. The Labute approximate surface area is 201 Å². The first kappa shape index (κ1) is 18.8. The first-order valence-corrected chi connectivity index (χ1v) is 12.0. The van der Waals surface area contributed by atoms with Crippen molar-refractivity contribution in [2.45, 2.75) is 6.92 Å². The Bertz CT molecular complexity index is 2180. The summed E-state index contributed by atoms with van der Waals surface area (Å²) < 4.78 is 4.70. The van der Waals surface area contributed by atoms with Gasteiger partial charge >= 0.3 is 0 Å². The predicted octanol–water partition coefficient (Wildman–Crippen LogP) is 8.22. The molecule has 0 atom stereocenters. The standard InChI is InChI=1S/C32H21N3/c1-20-10-8-18-28-30(20)33-32-34(28)29-19-9-16-26-24-14-5-3-12-22(24)21-11-2-4-13-23(21)25-15-6-7-17-27(25)35(32)31(26)29/h2-19H,1H3. The van der Waals surface area contributed by atoms with Crippen LogP contribution in [0.15, 0.2) is 109 Å². The van der Waals surface area contributed by atoms with Gasteiger partial charge in [-0.05, 0) is 52.2 Å². The summed E-state index contributed by atoms with van der Waals surface area (Å²) in [6.45, 7) is 2.14. The lowest BCUT2D eigenvalue weighted by Gasteiger charge is -2.03. The van der Waals surface area contributed by atoms with E-state index in [9.17, 15) is 0 Å². The molecule has 3 aromatic heterocycles. The SMILES string of the molecule is Cc1cccc2c1nc1n2c2cccc3c4ccccc4c4ccccc4c4ccccc4n1c32. The molecule has 8 aromatic rings. The summed E-state index contributed by atoms with van der Waals surface area (Å²) in [6, 6.07) is 39.4. The third-order valence-corrected chi connectivity index (χ3v) is 7.42. The number of para-hydroxylation sites is 3. The number of aromatic nitrogens is 3. The van der Waals surface area contributed by atoms with Gasteiger partial charge in [-0.3, -0.25) is 8.80 Å². The quantitative estimate of drug-likeness (QED) is 0.229. The number of aryl methyl sites for hydroxylation is 1. The van der Waals surface area contributed by atoms with Crippen LogP contribution in [0.2, 0.25) is 0 Å². The zero-order valence-electron chi connectivity index (χ0n) is 19.2. The van der Waals surface area contributed by atoms with E-state index in [0.29, 0.717) is 0 Å². The van der Waals surface area contributed by atoms with Gasteiger partial charge in [0.2, 0.25) is 5.78 Å². The second kappa shape index (κ2) is 6.71. The van der Waals surface area contributed by atoms with Crippen LogP contribution in [-0.4, -0.2) is 13.8 Å². The van der Waals surface area contributed by atoms with Crippen LogP contribution in [0.25, 0.3) is 65.7 Å². The van der Waals surface area contributed by atoms with Crippen LogP contribution in [0.1, 0.15) is 5.56 Å². The maximum Gasteiger partial charge on any atom is 0.220 e. The molecule has 5 aromatic carbocycles. The molecule has 0 amide bonds. The highest BCUT2D eigenvalue weighted by atomic mass is 15.2. The molecule has 164 valence electrons. The summed E-state index contributed by atoms with van der Waals surface area (Å²) >= 11 is 0. The van der Waals surface area contributed by atoms with E-state index in [1.807, 2.05) is 0 Å². The van der Waals surface area contributed by atoms with Crippen LogP contribution < -0.4 is 0 Å². The van der Waals surface area contributed by atoms with Crippen molar-refractivity contribution in [1.29, 1.82) is 0 Å². The lowest BCUT2D eigenvalue weighted by molar-refractivity contribution is 1.21. The Morgan fingerprint density at radius 1 is 0.457 bits per heavy atom. The van der Waals surface area contributed by atoms with Gasteiger partial charge in [0.15, 0.2) is 0 Å². The highest BCUT2D eigenvalue weighted by molar-refractivity contribution is 6.21. The molecule has 35 heavy (non-hydrogen) atoms. The summed E-state index contributed by atoms with van der Waals surface area (Å²) in [5.41, 5.74) is 6.89. The molecular weight excluding hydrogens is 426 g/mol. The summed E-state index contributed by atoms with van der Waals surface area (Å²) in [6.07, 6.45) is 0. The lowest BCUT2D eigenvalue weighted by atomic mass is 10.0.